The van der Waals surface area contributed by atoms with E-state index in [-0.39, 0.29) is 12.3 Å². The number of para-hydroxylation sites is 1. The molecule has 0 radical (unpaired) electrons. The Hall–Kier alpha value is -2.74. The lowest BCUT2D eigenvalue weighted by Gasteiger charge is -2.36. The maximum Gasteiger partial charge on any atom is 0.338 e. The molecular formula is C22H25N3O4S. The van der Waals surface area contributed by atoms with Crippen LogP contribution in [0.15, 0.2) is 51.6 Å². The average Bonchev–Trinajstić information content (AvgIpc) is 3.51. The van der Waals surface area contributed by atoms with Crippen molar-refractivity contribution in [1.29, 1.82) is 0 Å². The van der Waals surface area contributed by atoms with Crippen LogP contribution in [0.2, 0.25) is 0 Å². The van der Waals surface area contributed by atoms with Gasteiger partial charge in [-0.1, -0.05) is 30.0 Å². The molecular weight excluding hydrogens is 402 g/mol. The number of amidine groups is 1. The summed E-state index contributed by atoms with van der Waals surface area (Å²) in [6, 6.07) is 7.09. The van der Waals surface area contributed by atoms with Crippen molar-refractivity contribution >= 4 is 28.8 Å². The Morgan fingerprint density at radius 2 is 2.03 bits per heavy atom. The molecule has 2 aliphatic heterocycles. The Kier molecular flexibility index (Phi) is 5.85. The van der Waals surface area contributed by atoms with Gasteiger partial charge in [0, 0.05) is 17.8 Å². The van der Waals surface area contributed by atoms with Gasteiger partial charge in [0.15, 0.2) is 5.17 Å². The first-order valence-electron chi connectivity index (χ1n) is 9.95. The predicted molar refractivity (Wildman–Crippen MR) is 116 cm³/mol. The third kappa shape index (κ3) is 3.96. The van der Waals surface area contributed by atoms with Crippen molar-refractivity contribution in [2.24, 2.45) is 10.9 Å². The second-order valence-electron chi connectivity index (χ2n) is 7.55. The Morgan fingerprint density at radius 1 is 1.27 bits per heavy atom. The number of allylic oxidation sites excluding steroid dienone is 1. The molecule has 0 bridgehead atoms. The maximum absolute atomic E-state index is 12.7. The van der Waals surface area contributed by atoms with Gasteiger partial charge in [-0.15, -0.1) is 0 Å². The zero-order valence-electron chi connectivity index (χ0n) is 17.3. The number of thioether (sulfide) groups is 1. The minimum atomic E-state index is -0.487. The number of esters is 1. The molecule has 4 rings (SSSR count). The number of aliphatic imine (C=N–C) groups is 1. The molecule has 2 heterocycles. The number of rotatable bonds is 7. The van der Waals surface area contributed by atoms with Gasteiger partial charge in [0.2, 0.25) is 5.91 Å². The largest absolute Gasteiger partial charge is 0.496 e. The number of ether oxygens (including phenoxy) is 2. The Bertz CT molecular complexity index is 965. The van der Waals surface area contributed by atoms with E-state index in [0.717, 1.165) is 23.0 Å². The number of amides is 1. The van der Waals surface area contributed by atoms with Crippen molar-refractivity contribution in [3.63, 3.8) is 0 Å². The lowest BCUT2D eigenvalue weighted by Crippen LogP contribution is -2.38. The third-order valence-electron chi connectivity index (χ3n) is 5.47. The summed E-state index contributed by atoms with van der Waals surface area (Å²) in [5, 5.41) is 5.69. The van der Waals surface area contributed by atoms with Gasteiger partial charge in [0.05, 0.1) is 38.0 Å². The molecule has 8 heteroatoms. The number of fused-ring (bicyclic) bond motifs is 1. The van der Waals surface area contributed by atoms with E-state index in [4.69, 9.17) is 9.47 Å². The topological polar surface area (TPSA) is 80.2 Å². The van der Waals surface area contributed by atoms with Crippen LogP contribution in [0.5, 0.6) is 5.75 Å². The average molecular weight is 428 g/mol. The van der Waals surface area contributed by atoms with Crippen LogP contribution in [-0.2, 0) is 14.3 Å². The van der Waals surface area contributed by atoms with Crippen LogP contribution in [-0.4, -0.2) is 42.7 Å². The molecule has 0 unspecified atom stereocenters. The molecule has 1 aromatic rings. The summed E-state index contributed by atoms with van der Waals surface area (Å²) in [6.07, 6.45) is 2.59. The van der Waals surface area contributed by atoms with E-state index in [1.807, 2.05) is 34.6 Å². The summed E-state index contributed by atoms with van der Waals surface area (Å²) in [7, 11) is 2.97. The van der Waals surface area contributed by atoms with Crippen molar-refractivity contribution in [2.75, 3.05) is 20.8 Å². The van der Waals surface area contributed by atoms with Crippen molar-refractivity contribution < 1.29 is 19.1 Å². The number of carbonyl (C=O) groups excluding carboxylic acids is 2. The van der Waals surface area contributed by atoms with E-state index in [9.17, 15) is 9.59 Å². The summed E-state index contributed by atoms with van der Waals surface area (Å²) in [4.78, 5) is 31.9. The first kappa shape index (κ1) is 20.5. The second kappa shape index (κ2) is 8.55. The molecule has 7 nitrogen and oxygen atoms in total. The molecule has 1 N–H and O–H groups in total. The zero-order chi connectivity index (χ0) is 21.3. The summed E-state index contributed by atoms with van der Waals surface area (Å²) in [5.41, 5.74) is 2.66. The van der Waals surface area contributed by atoms with Crippen LogP contribution in [0.4, 0.5) is 0 Å². The quantitative estimate of drug-likeness (QED) is 0.672. The molecule has 1 aromatic carbocycles. The van der Waals surface area contributed by atoms with Crippen LogP contribution >= 0.6 is 11.8 Å². The summed E-state index contributed by atoms with van der Waals surface area (Å²) in [5.74, 6) is 0.804. The summed E-state index contributed by atoms with van der Waals surface area (Å²) >= 11 is 1.46. The van der Waals surface area contributed by atoms with Crippen LogP contribution < -0.4 is 10.1 Å². The van der Waals surface area contributed by atoms with Gasteiger partial charge in [0.1, 0.15) is 5.75 Å². The first-order chi connectivity index (χ1) is 14.5. The number of hydrogen-bond donors (Lipinski definition) is 1. The van der Waals surface area contributed by atoms with E-state index in [2.05, 4.69) is 10.3 Å². The summed E-state index contributed by atoms with van der Waals surface area (Å²) in [6.45, 7) is 2.53. The van der Waals surface area contributed by atoms with Crippen molar-refractivity contribution in [3.8, 4) is 5.75 Å². The van der Waals surface area contributed by atoms with Crippen molar-refractivity contribution in [1.82, 2.24) is 10.2 Å². The number of hydrogen-bond acceptors (Lipinski definition) is 7. The van der Waals surface area contributed by atoms with Gasteiger partial charge in [-0.3, -0.25) is 4.79 Å². The van der Waals surface area contributed by atoms with Crippen LogP contribution in [0.1, 0.15) is 37.8 Å². The highest BCUT2D eigenvalue weighted by Crippen LogP contribution is 2.46. The first-order valence-corrected chi connectivity index (χ1v) is 10.8. The molecule has 1 fully saturated rings. The fourth-order valence-electron chi connectivity index (χ4n) is 3.73. The molecule has 158 valence electrons. The molecule has 0 aromatic heterocycles. The SMILES string of the molecule is COC(=O)C1=C(C)N=C2SC=C(CC(=O)NCC3CC3)N2[C@@H]1c1ccccc1OC. The second-order valence-corrected chi connectivity index (χ2v) is 8.39. The lowest BCUT2D eigenvalue weighted by atomic mass is 9.93. The fraction of sp³-hybridized carbons (Fsp3) is 0.409. The van der Waals surface area contributed by atoms with Crippen LogP contribution in [0.25, 0.3) is 0 Å². The van der Waals surface area contributed by atoms with Crippen LogP contribution in [0, 0.1) is 5.92 Å². The lowest BCUT2D eigenvalue weighted by molar-refractivity contribution is -0.136. The highest BCUT2D eigenvalue weighted by molar-refractivity contribution is 8.16. The van der Waals surface area contributed by atoms with Crippen LogP contribution in [0.3, 0.4) is 0 Å². The third-order valence-corrected chi connectivity index (χ3v) is 6.35. The monoisotopic (exact) mass is 427 g/mol. The molecule has 1 saturated carbocycles. The molecule has 1 aliphatic carbocycles. The van der Waals surface area contributed by atoms with E-state index in [0.29, 0.717) is 22.9 Å². The smallest absolute Gasteiger partial charge is 0.338 e. The number of nitrogens with zero attached hydrogens (tertiary/aromatic N) is 2. The van der Waals surface area contributed by atoms with Crippen molar-refractivity contribution in [2.45, 2.75) is 32.2 Å². The van der Waals surface area contributed by atoms with Gasteiger partial charge in [-0.2, -0.15) is 0 Å². The van der Waals surface area contributed by atoms with E-state index in [1.165, 1.54) is 31.7 Å². The van der Waals surface area contributed by atoms with E-state index in [1.54, 1.807) is 14.0 Å². The summed E-state index contributed by atoms with van der Waals surface area (Å²) < 4.78 is 10.7. The molecule has 0 spiro atoms. The predicted octanol–water partition coefficient (Wildman–Crippen LogP) is 3.36. The molecule has 1 amide bonds. The van der Waals surface area contributed by atoms with Gasteiger partial charge >= 0.3 is 5.97 Å². The van der Waals surface area contributed by atoms with Gasteiger partial charge in [-0.05, 0) is 37.2 Å². The normalized spacial score (nSPS) is 20.4. The molecule has 3 aliphatic rings. The van der Waals surface area contributed by atoms with E-state index < -0.39 is 12.0 Å². The zero-order valence-corrected chi connectivity index (χ0v) is 18.1. The van der Waals surface area contributed by atoms with E-state index >= 15 is 0 Å². The highest BCUT2D eigenvalue weighted by atomic mass is 32.2. The number of nitrogens with one attached hydrogen (secondary N) is 1. The minimum Gasteiger partial charge on any atom is -0.496 e. The molecule has 0 saturated heterocycles. The van der Waals surface area contributed by atoms with Crippen molar-refractivity contribution in [3.05, 3.63) is 52.2 Å². The van der Waals surface area contributed by atoms with Gasteiger partial charge in [-0.25, -0.2) is 9.79 Å². The fourth-order valence-corrected chi connectivity index (χ4v) is 4.70. The number of carbonyl (C=O) groups is 2. The highest BCUT2D eigenvalue weighted by Gasteiger charge is 2.42. The Balaban J connectivity index is 1.70. The Labute approximate surface area is 180 Å². The minimum absolute atomic E-state index is 0.0281. The molecule has 1 atom stereocenters. The van der Waals surface area contributed by atoms with Gasteiger partial charge < -0.3 is 19.7 Å². The molecule has 30 heavy (non-hydrogen) atoms. The Morgan fingerprint density at radius 3 is 2.73 bits per heavy atom. The number of benzene rings is 1. The van der Waals surface area contributed by atoms with Gasteiger partial charge in [0.25, 0.3) is 0 Å². The standard InChI is InChI=1S/C22H25N3O4S/c1-13-19(21(27)29-3)20(16-6-4-5-7-17(16)28-2)25-15(12-30-22(25)24-13)10-18(26)23-11-14-8-9-14/h4-7,12,14,20H,8-11H2,1-3H3,(H,23,26)/t20-/m1/s1. The maximum atomic E-state index is 12.7. The number of methoxy groups -OCH3 is 2.